The van der Waals surface area contributed by atoms with Crippen molar-refractivity contribution in [1.82, 2.24) is 4.90 Å². The lowest BCUT2D eigenvalue weighted by molar-refractivity contribution is -0.136. The molecule has 152 valence electrons. The first kappa shape index (κ1) is 21.5. The Morgan fingerprint density at radius 3 is 2.29 bits per heavy atom. The molecule has 6 nitrogen and oxygen atoms in total. The molecule has 1 fully saturated rings. The van der Waals surface area contributed by atoms with Crippen LogP contribution in [-0.4, -0.2) is 34.5 Å². The summed E-state index contributed by atoms with van der Waals surface area (Å²) in [6.45, 7) is 3.73. The highest BCUT2D eigenvalue weighted by atomic mass is 16.4. The van der Waals surface area contributed by atoms with E-state index in [0.717, 1.165) is 43.9 Å². The van der Waals surface area contributed by atoms with Gasteiger partial charge >= 0.3 is 0 Å². The van der Waals surface area contributed by atoms with Crippen LogP contribution in [0.15, 0.2) is 47.3 Å². The van der Waals surface area contributed by atoms with Gasteiger partial charge in [0, 0.05) is 31.8 Å². The average molecular weight is 386 g/mol. The summed E-state index contributed by atoms with van der Waals surface area (Å²) in [4.78, 5) is 24.1. The molecule has 1 aromatic heterocycles. The van der Waals surface area contributed by atoms with Crippen LogP contribution in [0.5, 0.6) is 0 Å². The fourth-order valence-corrected chi connectivity index (χ4v) is 3.55. The van der Waals surface area contributed by atoms with Crippen LogP contribution in [0.25, 0.3) is 0 Å². The Morgan fingerprint density at radius 2 is 1.75 bits per heavy atom. The molecule has 2 N–H and O–H groups in total. The molecule has 0 atom stereocenters. The highest BCUT2D eigenvalue weighted by Crippen LogP contribution is 2.33. The number of amides is 1. The number of nitrogens with one attached hydrogen (secondary N) is 1. The topological polar surface area (TPSA) is 82.8 Å². The lowest BCUT2D eigenvalue weighted by Crippen LogP contribution is -2.53. The molecule has 0 radical (unpaired) electrons. The van der Waals surface area contributed by atoms with Crippen molar-refractivity contribution >= 4 is 17.6 Å². The summed E-state index contributed by atoms with van der Waals surface area (Å²) in [7, 11) is 1.88. The third-order valence-corrected chi connectivity index (χ3v) is 4.90. The smallest absolute Gasteiger partial charge is 0.300 e. The van der Waals surface area contributed by atoms with Gasteiger partial charge in [0.1, 0.15) is 5.54 Å². The molecule has 1 aliphatic carbocycles. The monoisotopic (exact) mass is 386 g/mol. The maximum absolute atomic E-state index is 13.3. The number of carboxylic acids is 1. The van der Waals surface area contributed by atoms with Crippen molar-refractivity contribution in [3.63, 3.8) is 0 Å². The van der Waals surface area contributed by atoms with Gasteiger partial charge in [-0.25, -0.2) is 0 Å². The first-order valence-corrected chi connectivity index (χ1v) is 9.63. The molecule has 1 heterocycles. The van der Waals surface area contributed by atoms with Crippen molar-refractivity contribution in [2.75, 3.05) is 12.4 Å². The molecule has 1 aliphatic rings. The Balaban J connectivity index is 0.000000640. The normalized spacial score (nSPS) is 15.1. The molecule has 1 saturated carbocycles. The Hall–Kier alpha value is -2.76. The van der Waals surface area contributed by atoms with Crippen molar-refractivity contribution in [3.8, 4) is 0 Å². The SMILES string of the molecule is CC(=O)O.Cc1ccc(NC2(C(=O)N(C)Cc3ccoc3)CCCCC2)cc1. The fraction of sp³-hybridized carbons (Fsp3) is 0.455. The lowest BCUT2D eigenvalue weighted by atomic mass is 9.80. The summed E-state index contributed by atoms with van der Waals surface area (Å²) >= 11 is 0. The second kappa shape index (κ2) is 9.97. The van der Waals surface area contributed by atoms with Gasteiger partial charge in [0.2, 0.25) is 5.91 Å². The number of nitrogens with zero attached hydrogens (tertiary/aromatic N) is 1. The number of aryl methyl sites for hydroxylation is 1. The largest absolute Gasteiger partial charge is 0.481 e. The Labute approximate surface area is 166 Å². The fourth-order valence-electron chi connectivity index (χ4n) is 3.55. The van der Waals surface area contributed by atoms with Crippen molar-refractivity contribution in [2.24, 2.45) is 0 Å². The van der Waals surface area contributed by atoms with Crippen LogP contribution in [0, 0.1) is 6.92 Å². The molecule has 1 amide bonds. The summed E-state index contributed by atoms with van der Waals surface area (Å²) in [6.07, 6.45) is 8.49. The summed E-state index contributed by atoms with van der Waals surface area (Å²) < 4.78 is 5.12. The molecule has 0 spiro atoms. The van der Waals surface area contributed by atoms with Crippen LogP contribution in [0.4, 0.5) is 5.69 Å². The molecule has 2 aromatic rings. The van der Waals surface area contributed by atoms with Gasteiger partial charge in [-0.2, -0.15) is 0 Å². The molecular formula is C22H30N2O4. The van der Waals surface area contributed by atoms with Gasteiger partial charge in [0.05, 0.1) is 12.5 Å². The molecule has 28 heavy (non-hydrogen) atoms. The van der Waals surface area contributed by atoms with E-state index in [9.17, 15) is 4.79 Å². The molecule has 0 unspecified atom stereocenters. The van der Waals surface area contributed by atoms with E-state index in [1.807, 2.05) is 18.0 Å². The third-order valence-electron chi connectivity index (χ3n) is 4.90. The zero-order valence-electron chi connectivity index (χ0n) is 16.9. The minimum atomic E-state index is -0.833. The predicted octanol–water partition coefficient (Wildman–Crippen LogP) is 4.45. The average Bonchev–Trinajstić information content (AvgIpc) is 3.16. The van der Waals surface area contributed by atoms with Crippen LogP contribution < -0.4 is 5.32 Å². The van der Waals surface area contributed by atoms with E-state index in [2.05, 4.69) is 36.5 Å². The zero-order chi connectivity index (χ0) is 20.6. The molecule has 0 saturated heterocycles. The molecular weight excluding hydrogens is 356 g/mol. The van der Waals surface area contributed by atoms with E-state index < -0.39 is 11.5 Å². The zero-order valence-corrected chi connectivity index (χ0v) is 16.9. The molecule has 0 bridgehead atoms. The van der Waals surface area contributed by atoms with Gasteiger partial charge in [0.15, 0.2) is 0 Å². The summed E-state index contributed by atoms with van der Waals surface area (Å²) in [6, 6.07) is 10.2. The predicted molar refractivity (Wildman–Crippen MR) is 109 cm³/mol. The summed E-state index contributed by atoms with van der Waals surface area (Å²) in [5.74, 6) is -0.663. The Morgan fingerprint density at radius 1 is 1.14 bits per heavy atom. The summed E-state index contributed by atoms with van der Waals surface area (Å²) in [5, 5.41) is 11.0. The van der Waals surface area contributed by atoms with Crippen LogP contribution in [-0.2, 0) is 16.1 Å². The van der Waals surface area contributed by atoms with Crippen LogP contribution in [0.1, 0.15) is 50.2 Å². The lowest BCUT2D eigenvalue weighted by Gasteiger charge is -2.40. The quantitative estimate of drug-likeness (QED) is 0.793. The number of carboxylic acid groups (broad SMARTS) is 1. The number of hydrogen-bond donors (Lipinski definition) is 2. The van der Waals surface area contributed by atoms with E-state index in [4.69, 9.17) is 14.3 Å². The van der Waals surface area contributed by atoms with Crippen LogP contribution in [0.3, 0.4) is 0 Å². The van der Waals surface area contributed by atoms with E-state index >= 15 is 0 Å². The molecule has 6 heteroatoms. The van der Waals surface area contributed by atoms with Gasteiger partial charge in [-0.1, -0.05) is 37.0 Å². The standard InChI is InChI=1S/C20H26N2O2.C2H4O2/c1-16-6-8-18(9-7-16)21-20(11-4-3-5-12-20)19(23)22(2)14-17-10-13-24-15-17;1-2(3)4/h6-10,13,15,21H,3-5,11-12,14H2,1-2H3;1H3,(H,3,4). The number of carbonyl (C=O) groups is 2. The number of benzene rings is 1. The highest BCUT2D eigenvalue weighted by molar-refractivity contribution is 5.89. The van der Waals surface area contributed by atoms with Gasteiger partial charge in [-0.15, -0.1) is 0 Å². The number of aliphatic carboxylic acids is 1. The van der Waals surface area contributed by atoms with Crippen molar-refractivity contribution in [3.05, 3.63) is 54.0 Å². The highest BCUT2D eigenvalue weighted by Gasteiger charge is 2.41. The van der Waals surface area contributed by atoms with Gasteiger partial charge in [-0.3, -0.25) is 9.59 Å². The van der Waals surface area contributed by atoms with Crippen molar-refractivity contribution in [1.29, 1.82) is 0 Å². The van der Waals surface area contributed by atoms with Gasteiger partial charge in [0.25, 0.3) is 5.97 Å². The number of hydrogen-bond acceptors (Lipinski definition) is 4. The van der Waals surface area contributed by atoms with E-state index in [0.29, 0.717) is 6.54 Å². The maximum atomic E-state index is 13.3. The van der Waals surface area contributed by atoms with E-state index in [-0.39, 0.29) is 5.91 Å². The number of rotatable bonds is 5. The van der Waals surface area contributed by atoms with Crippen molar-refractivity contribution in [2.45, 2.75) is 58.0 Å². The first-order valence-electron chi connectivity index (χ1n) is 9.63. The number of likely N-dealkylation sites (N-methyl/N-ethyl adjacent to an activating group) is 1. The van der Waals surface area contributed by atoms with Gasteiger partial charge < -0.3 is 19.7 Å². The van der Waals surface area contributed by atoms with Crippen LogP contribution in [0.2, 0.25) is 0 Å². The maximum Gasteiger partial charge on any atom is 0.300 e. The molecule has 1 aromatic carbocycles. The number of carbonyl (C=O) groups excluding carboxylic acids is 1. The van der Waals surface area contributed by atoms with E-state index in [1.165, 1.54) is 12.0 Å². The van der Waals surface area contributed by atoms with E-state index in [1.54, 1.807) is 12.5 Å². The number of furan rings is 1. The molecule has 0 aliphatic heterocycles. The second-order valence-corrected chi connectivity index (χ2v) is 7.45. The Bertz CT molecular complexity index is 743. The Kier molecular flexibility index (Phi) is 7.67. The third kappa shape index (κ3) is 6.15. The van der Waals surface area contributed by atoms with Gasteiger partial charge in [-0.05, 0) is 38.0 Å². The first-order chi connectivity index (χ1) is 13.3. The number of anilines is 1. The summed E-state index contributed by atoms with van der Waals surface area (Å²) in [5.41, 5.74) is 2.77. The molecule has 3 rings (SSSR count). The van der Waals surface area contributed by atoms with Crippen LogP contribution >= 0.6 is 0 Å². The minimum absolute atomic E-state index is 0.170. The van der Waals surface area contributed by atoms with Crippen molar-refractivity contribution < 1.29 is 19.1 Å². The minimum Gasteiger partial charge on any atom is -0.481 e. The second-order valence-electron chi connectivity index (χ2n) is 7.45.